The van der Waals surface area contributed by atoms with Crippen molar-refractivity contribution in [1.82, 2.24) is 9.97 Å². The van der Waals surface area contributed by atoms with E-state index in [0.29, 0.717) is 35.6 Å². The first-order valence-electron chi connectivity index (χ1n) is 17.2. The highest BCUT2D eigenvalue weighted by Gasteiger charge is 2.36. The molecule has 0 amide bonds. The van der Waals surface area contributed by atoms with Crippen LogP contribution in [0.4, 0.5) is 37.7 Å². The Morgan fingerprint density at radius 1 is 0.554 bits per heavy atom. The molecule has 0 unspecified atom stereocenters. The quantitative estimate of drug-likeness (QED) is 0.107. The van der Waals surface area contributed by atoms with E-state index in [9.17, 15) is 26.3 Å². The Morgan fingerprint density at radius 2 is 0.982 bits per heavy atom. The first kappa shape index (κ1) is 36.9. The van der Waals surface area contributed by atoms with Crippen LogP contribution in [0.1, 0.15) is 36.8 Å². The van der Waals surface area contributed by atoms with Crippen LogP contribution in [0, 0.1) is 0 Å². The van der Waals surface area contributed by atoms with Gasteiger partial charge in [-0.15, -0.1) is 22.7 Å². The number of nitrogens with zero attached hydrogens (tertiary/aromatic N) is 2. The smallest absolute Gasteiger partial charge is 0.380 e. The van der Waals surface area contributed by atoms with Crippen LogP contribution in [0.5, 0.6) is 0 Å². The first-order chi connectivity index (χ1) is 27.0. The van der Waals surface area contributed by atoms with Crippen LogP contribution in [0.15, 0.2) is 132 Å². The average Bonchev–Trinajstić information content (AvgIpc) is 3.92. The Balaban J connectivity index is 1.33. The van der Waals surface area contributed by atoms with E-state index in [4.69, 9.17) is 0 Å². The first-order valence-corrected chi connectivity index (χ1v) is 19.0. The highest BCUT2D eigenvalue weighted by atomic mass is 32.1. The number of nitrogens with one attached hydrogen (secondary N) is 2. The summed E-state index contributed by atoms with van der Waals surface area (Å²) in [6.07, 6.45) is -7.26. The van der Waals surface area contributed by atoms with Crippen LogP contribution < -0.4 is 10.6 Å². The van der Waals surface area contributed by atoms with Crippen LogP contribution >= 0.6 is 22.7 Å². The number of fused-ring (bicyclic) bond motifs is 2. The minimum Gasteiger partial charge on any atom is -0.380 e. The number of alkyl halides is 6. The number of halogens is 6. The summed E-state index contributed by atoms with van der Waals surface area (Å²) in [6, 6.07) is 29.1. The molecule has 13 heteroatoms. The molecule has 0 radical (unpaired) electrons. The van der Waals surface area contributed by atoms with Gasteiger partial charge in [0.2, 0.25) is 0 Å². The summed E-state index contributed by atoms with van der Waals surface area (Å²) < 4.78 is 86.0. The van der Waals surface area contributed by atoms with E-state index in [1.807, 2.05) is 47.2 Å². The zero-order valence-corrected chi connectivity index (χ0v) is 30.6. The Labute approximate surface area is 324 Å². The van der Waals surface area contributed by atoms with Crippen LogP contribution in [0.25, 0.3) is 44.1 Å². The summed E-state index contributed by atoms with van der Waals surface area (Å²) in [5, 5.41) is 10.7. The van der Waals surface area contributed by atoms with Crippen molar-refractivity contribution in [2.45, 2.75) is 25.4 Å². The molecule has 0 fully saturated rings. The lowest BCUT2D eigenvalue weighted by Gasteiger charge is -2.19. The van der Waals surface area contributed by atoms with Crippen LogP contribution in [-0.4, -0.2) is 15.8 Å². The molecule has 0 aliphatic rings. The van der Waals surface area contributed by atoms with Crippen LogP contribution in [-0.2, 0) is 25.4 Å². The third kappa shape index (κ3) is 7.35. The molecule has 0 bridgehead atoms. The van der Waals surface area contributed by atoms with Gasteiger partial charge in [0.25, 0.3) is 0 Å². The van der Waals surface area contributed by atoms with E-state index in [2.05, 4.69) is 20.6 Å². The van der Waals surface area contributed by atoms with Gasteiger partial charge in [-0.3, -0.25) is 14.8 Å². The van der Waals surface area contributed by atoms with Gasteiger partial charge >= 0.3 is 12.4 Å². The van der Waals surface area contributed by atoms with Gasteiger partial charge in [0.05, 0.1) is 22.2 Å². The zero-order valence-electron chi connectivity index (χ0n) is 29.0. The molecular weight excluding hydrogens is 767 g/mol. The van der Waals surface area contributed by atoms with Crippen molar-refractivity contribution in [3.63, 3.8) is 0 Å². The summed E-state index contributed by atoms with van der Waals surface area (Å²) >= 11 is 3.13. The fraction of sp³-hybridized carbons (Fsp3) is 0.0930. The normalized spacial score (nSPS) is 12.0. The molecule has 0 spiro atoms. The summed E-state index contributed by atoms with van der Waals surface area (Å²) in [6.45, 7) is 0.991. The minimum absolute atomic E-state index is 0.0476. The van der Waals surface area contributed by atoms with Crippen molar-refractivity contribution < 1.29 is 31.1 Å². The van der Waals surface area contributed by atoms with E-state index in [1.165, 1.54) is 24.3 Å². The van der Waals surface area contributed by atoms with Gasteiger partial charge in [-0.2, -0.15) is 26.3 Å². The Morgan fingerprint density at radius 3 is 1.38 bits per heavy atom. The van der Waals surface area contributed by atoms with Crippen molar-refractivity contribution in [2.24, 2.45) is 0 Å². The monoisotopic (exact) mass is 794 g/mol. The van der Waals surface area contributed by atoms with Crippen LogP contribution in [0.3, 0.4) is 0 Å². The number of benzene rings is 4. The van der Waals surface area contributed by atoms with Gasteiger partial charge in [0.1, 0.15) is 0 Å². The van der Waals surface area contributed by atoms with Gasteiger partial charge in [-0.05, 0) is 70.4 Å². The van der Waals surface area contributed by atoms with Gasteiger partial charge in [-0.1, -0.05) is 60.7 Å². The van der Waals surface area contributed by atoms with Crippen molar-refractivity contribution >= 4 is 61.6 Å². The Hall–Kier alpha value is -6.05. The van der Waals surface area contributed by atoms with Gasteiger partial charge in [0, 0.05) is 79.6 Å². The number of carbonyl (C=O) groups excluding carboxylic acids is 1. The van der Waals surface area contributed by atoms with E-state index in [0.717, 1.165) is 34.3 Å². The van der Waals surface area contributed by atoms with E-state index < -0.39 is 29.3 Å². The molecule has 2 N–H and O–H groups in total. The second kappa shape index (κ2) is 14.9. The summed E-state index contributed by atoms with van der Waals surface area (Å²) in [5.41, 5.74) is -0.169. The number of aromatic nitrogens is 2. The maximum Gasteiger partial charge on any atom is 0.418 e. The van der Waals surface area contributed by atoms with Crippen molar-refractivity contribution in [2.75, 3.05) is 10.6 Å². The van der Waals surface area contributed by atoms with Crippen LogP contribution in [0.2, 0.25) is 0 Å². The molecule has 280 valence electrons. The lowest BCUT2D eigenvalue weighted by molar-refractivity contribution is -0.137. The molecule has 0 aliphatic heterocycles. The molecule has 0 aliphatic carbocycles. The molecule has 8 rings (SSSR count). The summed E-state index contributed by atoms with van der Waals surface area (Å²) in [5.74, 6) is -0.678. The van der Waals surface area contributed by atoms with E-state index in [1.54, 1.807) is 59.1 Å². The topological polar surface area (TPSA) is 66.9 Å². The second-order valence-corrected chi connectivity index (χ2v) is 14.9. The Kier molecular flexibility index (Phi) is 9.81. The summed E-state index contributed by atoms with van der Waals surface area (Å²) in [7, 11) is 0. The maximum atomic E-state index is 15.1. The molecule has 4 heterocycles. The zero-order chi connectivity index (χ0) is 39.0. The number of hydrogen-bond donors (Lipinski definition) is 2. The number of carbonyl (C=O) groups is 1. The average molecular weight is 795 g/mol. The molecule has 4 aromatic carbocycles. The van der Waals surface area contributed by atoms with E-state index in [-0.39, 0.29) is 44.1 Å². The van der Waals surface area contributed by atoms with Crippen molar-refractivity contribution in [3.8, 4) is 22.3 Å². The standard InChI is InChI=1S/C43H28F6N4OS2/c44-42(45,46)35-15-3-13-31-37(25-7-1-9-27(19-25)50-21-29-11-5-17-55-29)33(23-52-39(31)35)41(54)34-24-53-40-32(14-4-16-36(40)43(47,48)49)38(34)26-8-2-10-28(20-26)51-22-30-12-6-18-56-30/h1-20,23-24,50-51H,21-22H2. The lowest BCUT2D eigenvalue weighted by atomic mass is 9.87. The molecule has 8 aromatic rings. The molecule has 5 nitrogen and oxygen atoms in total. The molecule has 0 saturated carbocycles. The fourth-order valence-corrected chi connectivity index (χ4v) is 8.08. The van der Waals surface area contributed by atoms with Crippen molar-refractivity contribution in [3.05, 3.63) is 164 Å². The molecular formula is C43H28F6N4OS2. The van der Waals surface area contributed by atoms with Gasteiger partial charge in [0.15, 0.2) is 5.78 Å². The lowest BCUT2D eigenvalue weighted by Crippen LogP contribution is -2.12. The Bertz CT molecular complexity index is 2520. The number of hydrogen-bond acceptors (Lipinski definition) is 7. The number of anilines is 2. The SMILES string of the molecule is O=C(c1cnc2c(C(F)(F)F)cccc2c1-c1cccc(NCc2cccs2)c1)c1cnc2c(C(F)(F)F)cccc2c1-c1cccc(NCc2cccs2)c1. The number of rotatable bonds is 10. The minimum atomic E-state index is -4.74. The number of thiophene rings is 2. The number of para-hydroxylation sites is 2. The second-order valence-electron chi connectivity index (χ2n) is 12.8. The highest BCUT2D eigenvalue weighted by Crippen LogP contribution is 2.43. The van der Waals surface area contributed by atoms with Gasteiger partial charge in [-0.25, -0.2) is 0 Å². The molecule has 0 saturated heterocycles. The maximum absolute atomic E-state index is 15.1. The number of ketones is 1. The van der Waals surface area contributed by atoms with E-state index >= 15 is 4.79 Å². The third-order valence-electron chi connectivity index (χ3n) is 9.29. The molecule has 56 heavy (non-hydrogen) atoms. The molecule has 0 atom stereocenters. The third-order valence-corrected chi connectivity index (χ3v) is 11.0. The van der Waals surface area contributed by atoms with Crippen molar-refractivity contribution in [1.29, 1.82) is 0 Å². The largest absolute Gasteiger partial charge is 0.418 e. The predicted octanol–water partition coefficient (Wildman–Crippen LogP) is 12.7. The number of pyridine rings is 2. The summed E-state index contributed by atoms with van der Waals surface area (Å²) in [4.78, 5) is 25.6. The predicted molar refractivity (Wildman–Crippen MR) is 211 cm³/mol. The highest BCUT2D eigenvalue weighted by molar-refractivity contribution is 7.10. The fourth-order valence-electron chi connectivity index (χ4n) is 6.79. The molecule has 4 aromatic heterocycles. The van der Waals surface area contributed by atoms with Gasteiger partial charge < -0.3 is 10.6 Å².